The molecule has 360 valence electrons. The summed E-state index contributed by atoms with van der Waals surface area (Å²) in [5, 5.41) is 163. The van der Waals surface area contributed by atoms with Crippen molar-refractivity contribution in [3.63, 3.8) is 0 Å². The molecule has 5 aliphatic heterocycles. The van der Waals surface area contributed by atoms with E-state index in [2.05, 4.69) is 10.6 Å². The molecule has 5 heterocycles. The van der Waals surface area contributed by atoms with Crippen LogP contribution in [0.25, 0.3) is 0 Å². The Morgan fingerprint density at radius 1 is 0.387 bits per heavy atom. The second kappa shape index (κ2) is 22.0. The van der Waals surface area contributed by atoms with E-state index in [1.54, 1.807) is 0 Å². The molecular formula is C34H58N2O26. The van der Waals surface area contributed by atoms with Crippen LogP contribution in [0.3, 0.4) is 0 Å². The number of carbonyl (C=O) groups excluding carboxylic acids is 2. The zero-order chi connectivity index (χ0) is 45.9. The minimum absolute atomic E-state index is 0.758. The summed E-state index contributed by atoms with van der Waals surface area (Å²) in [5.74, 6) is -1.54. The van der Waals surface area contributed by atoms with Crippen molar-refractivity contribution in [2.24, 2.45) is 0 Å². The number of hydrogen-bond donors (Lipinski definition) is 17. The highest BCUT2D eigenvalue weighted by Gasteiger charge is 2.57. The monoisotopic (exact) mass is 910 g/mol. The van der Waals surface area contributed by atoms with Crippen LogP contribution in [0.4, 0.5) is 0 Å². The first-order chi connectivity index (χ1) is 29.3. The number of ether oxygens (including phenoxy) is 9. The average Bonchev–Trinajstić information content (AvgIpc) is 3.24. The van der Waals surface area contributed by atoms with Crippen molar-refractivity contribution < 1.29 is 129 Å². The molecule has 25 atom stereocenters. The number of rotatable bonds is 15. The maximum atomic E-state index is 12.2. The predicted molar refractivity (Wildman–Crippen MR) is 190 cm³/mol. The lowest BCUT2D eigenvalue weighted by Gasteiger charge is -2.51. The van der Waals surface area contributed by atoms with Crippen LogP contribution in [0.15, 0.2) is 0 Å². The van der Waals surface area contributed by atoms with Crippen molar-refractivity contribution in [1.82, 2.24) is 10.6 Å². The first-order valence-corrected chi connectivity index (χ1v) is 19.6. The van der Waals surface area contributed by atoms with Crippen LogP contribution >= 0.6 is 0 Å². The minimum Gasteiger partial charge on any atom is -0.394 e. The van der Waals surface area contributed by atoms with Gasteiger partial charge in [0.1, 0.15) is 122 Å². The number of carbonyl (C=O) groups is 2. The molecule has 0 aliphatic carbocycles. The summed E-state index contributed by atoms with van der Waals surface area (Å²) >= 11 is 0. The molecule has 5 fully saturated rings. The Labute approximate surface area is 351 Å². The molecule has 5 saturated heterocycles. The van der Waals surface area contributed by atoms with E-state index < -0.39 is 198 Å². The lowest BCUT2D eigenvalue weighted by atomic mass is 9.94. The molecule has 0 aromatic carbocycles. The Kier molecular flexibility index (Phi) is 18.1. The van der Waals surface area contributed by atoms with E-state index >= 15 is 0 Å². The number of nitrogens with one attached hydrogen (secondary N) is 2. The fourth-order valence-corrected chi connectivity index (χ4v) is 7.83. The molecule has 0 unspecified atom stereocenters. The first kappa shape index (κ1) is 51.0. The van der Waals surface area contributed by atoms with Gasteiger partial charge in [-0.25, -0.2) is 0 Å². The van der Waals surface area contributed by atoms with Crippen molar-refractivity contribution in [1.29, 1.82) is 0 Å². The van der Waals surface area contributed by atoms with E-state index in [-0.39, 0.29) is 0 Å². The normalized spacial score (nSPS) is 49.0. The zero-order valence-electron chi connectivity index (χ0n) is 33.2. The molecule has 5 rings (SSSR count). The highest BCUT2D eigenvalue weighted by molar-refractivity contribution is 5.73. The molecule has 0 spiro atoms. The number of hydrogen-bond acceptors (Lipinski definition) is 26. The molecule has 28 nitrogen and oxygen atoms in total. The van der Waals surface area contributed by atoms with Gasteiger partial charge in [0.15, 0.2) is 31.5 Å². The Morgan fingerprint density at radius 2 is 0.726 bits per heavy atom. The van der Waals surface area contributed by atoms with Crippen LogP contribution in [0.5, 0.6) is 0 Å². The largest absolute Gasteiger partial charge is 0.394 e. The van der Waals surface area contributed by atoms with E-state index in [0.717, 1.165) is 13.8 Å². The second-order valence-corrected chi connectivity index (χ2v) is 15.4. The SMILES string of the molecule is CC(=O)N[C@H]1[C@H](O[C@@H]2[C@@H](O)[C@@H](O[C@@H]3[C@H](O)[C@@H](O)[C@H](O[C@H]4[C@H](O)[C@@H](O)[C@H](O)O[C@@H]4CO)O[C@@H]3CO)O[C@H](CO)[C@@H]2O[C@@H]2O[C@H](CO)[C@H](O)[C@H](O)[C@H]2NC(C)=O)O[C@H](CO)[C@H](O)[C@@H]1O. The van der Waals surface area contributed by atoms with Crippen LogP contribution in [-0.4, -0.2) is 275 Å². The fourth-order valence-electron chi connectivity index (χ4n) is 7.83. The quantitative estimate of drug-likeness (QED) is 0.0725. The fraction of sp³-hybridized carbons (Fsp3) is 0.941. The van der Waals surface area contributed by atoms with Gasteiger partial charge >= 0.3 is 0 Å². The number of amides is 2. The molecule has 0 aromatic heterocycles. The molecule has 2 amide bonds. The van der Waals surface area contributed by atoms with Gasteiger partial charge in [0.05, 0.1) is 33.0 Å². The van der Waals surface area contributed by atoms with Crippen molar-refractivity contribution in [3.8, 4) is 0 Å². The third-order valence-corrected chi connectivity index (χ3v) is 11.1. The Bertz CT molecular complexity index is 1440. The summed E-state index contributed by atoms with van der Waals surface area (Å²) in [5.41, 5.74) is 0. The molecule has 0 saturated carbocycles. The summed E-state index contributed by atoms with van der Waals surface area (Å²) < 4.78 is 51.5. The standard InChI is InChI=1S/C34H58N2O26/c1-8(42)35-15-19(46)17(44)10(3-37)55-31(15)61-28-14(7-41)58-34(25(52)29(28)62-32-16(36-9(2)43)20(47)18(45)11(4-38)56-32)60-27-13(6-40)57-33(24(51)22(27)49)59-26-12(5-39)54-30(53)23(50)21(26)48/h10-34,37-41,44-53H,3-7H2,1-2H3,(H,35,42)(H,36,43)/t10-,11-,12-,13-,14-,15-,16-,17+,18+,19-,20-,21-,22-,23-,24-,25-,26-,27+,28+,29-,30-,31+,32+,33+,34-/m1/s1. The zero-order valence-corrected chi connectivity index (χ0v) is 33.2. The van der Waals surface area contributed by atoms with Crippen molar-refractivity contribution in [2.45, 2.75) is 167 Å². The highest BCUT2D eigenvalue weighted by atomic mass is 16.8. The minimum atomic E-state index is -2.22. The first-order valence-electron chi connectivity index (χ1n) is 19.6. The lowest BCUT2D eigenvalue weighted by Crippen LogP contribution is -2.70. The van der Waals surface area contributed by atoms with Gasteiger partial charge in [0.25, 0.3) is 0 Å². The number of aliphatic hydroxyl groups excluding tert-OH is 15. The van der Waals surface area contributed by atoms with Gasteiger partial charge < -0.3 is 130 Å². The van der Waals surface area contributed by atoms with E-state index in [1.807, 2.05) is 0 Å². The van der Waals surface area contributed by atoms with Crippen LogP contribution in [0.2, 0.25) is 0 Å². The topological polar surface area (TPSA) is 445 Å². The molecule has 0 bridgehead atoms. The summed E-state index contributed by atoms with van der Waals surface area (Å²) in [6.45, 7) is -2.63. The summed E-state index contributed by atoms with van der Waals surface area (Å²) in [4.78, 5) is 24.4. The molecule has 17 N–H and O–H groups in total. The summed E-state index contributed by atoms with van der Waals surface area (Å²) in [6.07, 6.45) is -42.8. The molecule has 5 aliphatic rings. The molecule has 0 aromatic rings. The summed E-state index contributed by atoms with van der Waals surface area (Å²) in [7, 11) is 0. The third-order valence-electron chi connectivity index (χ3n) is 11.1. The lowest BCUT2D eigenvalue weighted by molar-refractivity contribution is -0.396. The molecule has 28 heteroatoms. The molecule has 62 heavy (non-hydrogen) atoms. The highest BCUT2D eigenvalue weighted by Crippen LogP contribution is 2.36. The van der Waals surface area contributed by atoms with Crippen LogP contribution in [-0.2, 0) is 52.2 Å². The predicted octanol–water partition coefficient (Wildman–Crippen LogP) is -11.6. The maximum Gasteiger partial charge on any atom is 0.217 e. The van der Waals surface area contributed by atoms with Gasteiger partial charge in [-0.2, -0.15) is 0 Å². The van der Waals surface area contributed by atoms with Gasteiger partial charge in [0, 0.05) is 13.8 Å². The van der Waals surface area contributed by atoms with E-state index in [1.165, 1.54) is 0 Å². The van der Waals surface area contributed by atoms with Crippen molar-refractivity contribution in [3.05, 3.63) is 0 Å². The van der Waals surface area contributed by atoms with Gasteiger partial charge in [0.2, 0.25) is 11.8 Å². The van der Waals surface area contributed by atoms with Gasteiger partial charge in [-0.15, -0.1) is 0 Å². The van der Waals surface area contributed by atoms with Crippen LogP contribution in [0, 0.1) is 0 Å². The Morgan fingerprint density at radius 3 is 1.15 bits per heavy atom. The van der Waals surface area contributed by atoms with E-state index in [4.69, 9.17) is 42.6 Å². The molecule has 0 radical (unpaired) electrons. The van der Waals surface area contributed by atoms with Gasteiger partial charge in [-0.05, 0) is 0 Å². The van der Waals surface area contributed by atoms with Crippen LogP contribution in [0.1, 0.15) is 13.8 Å². The van der Waals surface area contributed by atoms with Crippen molar-refractivity contribution >= 4 is 11.8 Å². The molecular weight excluding hydrogens is 852 g/mol. The van der Waals surface area contributed by atoms with Gasteiger partial charge in [-0.3, -0.25) is 9.59 Å². The smallest absolute Gasteiger partial charge is 0.217 e. The maximum absolute atomic E-state index is 12.2. The second-order valence-electron chi connectivity index (χ2n) is 15.4. The van der Waals surface area contributed by atoms with Crippen LogP contribution < -0.4 is 10.6 Å². The third kappa shape index (κ3) is 10.8. The Balaban J connectivity index is 1.46. The average molecular weight is 911 g/mol. The Hall–Kier alpha value is -2.02. The van der Waals surface area contributed by atoms with Gasteiger partial charge in [-0.1, -0.05) is 0 Å². The van der Waals surface area contributed by atoms with E-state index in [0.29, 0.717) is 0 Å². The number of aliphatic hydroxyl groups is 15. The van der Waals surface area contributed by atoms with E-state index in [9.17, 15) is 86.2 Å². The van der Waals surface area contributed by atoms with Crippen molar-refractivity contribution in [2.75, 3.05) is 33.0 Å². The summed E-state index contributed by atoms with van der Waals surface area (Å²) in [6, 6.07) is -3.26.